The average Bonchev–Trinajstić information content (AvgIpc) is 2.06. The molecule has 0 saturated carbocycles. The smallest absolute Gasteiger partial charge is 0.0110 e. The Hall–Kier alpha value is 0.217. The van der Waals surface area contributed by atoms with Crippen LogP contribution in [0.5, 0.6) is 0 Å². The Morgan fingerprint density at radius 3 is 1.45 bits per heavy atom. The monoisotopic (exact) mass is 172 g/mol. The van der Waals surface area contributed by atoms with Gasteiger partial charge in [0, 0.05) is 10.2 Å². The van der Waals surface area contributed by atoms with E-state index in [1.54, 1.807) is 0 Å². The molecule has 0 N–H and O–H groups in total. The van der Waals surface area contributed by atoms with Gasteiger partial charge in [-0.2, -0.15) is 0 Å². The molecule has 0 rings (SSSR count). The predicted octanol–water partition coefficient (Wildman–Crippen LogP) is 2.77. The third-order valence-corrected chi connectivity index (χ3v) is 5.82. The highest BCUT2D eigenvalue weighted by molar-refractivity contribution is 6.15. The molecule has 11 heavy (non-hydrogen) atoms. The molecule has 0 fully saturated rings. The summed E-state index contributed by atoms with van der Waals surface area (Å²) in [6.45, 7) is 9.39. The average molecular weight is 172 g/mol. The van der Waals surface area contributed by atoms with Crippen molar-refractivity contribution < 1.29 is 0 Å². The highest BCUT2D eigenvalue weighted by atomic mass is 28.1. The normalized spacial score (nSPS) is 12.8. The van der Waals surface area contributed by atoms with Crippen LogP contribution >= 0.6 is 0 Å². The van der Waals surface area contributed by atoms with Crippen LogP contribution in [-0.4, -0.2) is 10.2 Å². The molecule has 1 heteroatoms. The molecule has 0 aromatic heterocycles. The fourth-order valence-corrected chi connectivity index (χ4v) is 2.92. The van der Waals surface area contributed by atoms with Crippen molar-refractivity contribution in [2.45, 2.75) is 58.4 Å². The van der Waals surface area contributed by atoms with Crippen LogP contribution in [0.3, 0.4) is 0 Å². The molecule has 0 nitrogen and oxygen atoms in total. The first-order chi connectivity index (χ1) is 5.14. The second-order valence-electron chi connectivity index (χ2n) is 3.87. The molecule has 0 bridgehead atoms. The van der Waals surface area contributed by atoms with E-state index in [1.807, 2.05) is 0 Å². The van der Waals surface area contributed by atoms with Gasteiger partial charge >= 0.3 is 0 Å². The lowest BCUT2D eigenvalue weighted by molar-refractivity contribution is 0.316. The molecule has 0 aromatic rings. The Balaban J connectivity index is 4.19. The second-order valence-corrected chi connectivity index (χ2v) is 5.87. The second kappa shape index (κ2) is 4.97. The van der Waals surface area contributed by atoms with Crippen molar-refractivity contribution in [1.29, 1.82) is 0 Å². The summed E-state index contributed by atoms with van der Waals surface area (Å²) in [5.74, 6) is 0.990. The van der Waals surface area contributed by atoms with E-state index in [-0.39, 0.29) is 0 Å². The molecule has 0 saturated heterocycles. The summed E-state index contributed by atoms with van der Waals surface area (Å²) >= 11 is 0. The number of hydrogen-bond acceptors (Lipinski definition) is 0. The first-order valence-electron chi connectivity index (χ1n) is 5.14. The molecule has 0 unspecified atom stereocenters. The van der Waals surface area contributed by atoms with E-state index in [0.717, 1.165) is 11.0 Å². The van der Waals surface area contributed by atoms with Crippen LogP contribution in [-0.2, 0) is 0 Å². The fourth-order valence-electron chi connectivity index (χ4n) is 2.10. The fraction of sp³-hybridized carbons (Fsp3) is 1.00. The molecule has 0 spiro atoms. The van der Waals surface area contributed by atoms with Gasteiger partial charge in [0.1, 0.15) is 0 Å². The standard InChI is InChI=1S/C10H24Si/c1-5-9(6-2)10(11,7-3)8-4/h9H,5-8H2,1-4,11H3. The first kappa shape index (κ1) is 11.2. The first-order valence-corrected chi connectivity index (χ1v) is 6.14. The summed E-state index contributed by atoms with van der Waals surface area (Å²) in [6, 6.07) is 0. The van der Waals surface area contributed by atoms with Crippen molar-refractivity contribution in [2.75, 3.05) is 0 Å². The maximum absolute atomic E-state index is 2.36. The molecule has 0 aromatic carbocycles. The van der Waals surface area contributed by atoms with Gasteiger partial charge < -0.3 is 0 Å². The molecule has 0 atom stereocenters. The van der Waals surface area contributed by atoms with Gasteiger partial charge in [-0.05, 0) is 11.0 Å². The Kier molecular flexibility index (Phi) is 5.07. The molecule has 0 aliphatic heterocycles. The molecule has 0 aliphatic rings. The minimum absolute atomic E-state index is 0.740. The highest BCUT2D eigenvalue weighted by Gasteiger charge is 2.27. The van der Waals surface area contributed by atoms with Crippen molar-refractivity contribution in [1.82, 2.24) is 0 Å². The van der Waals surface area contributed by atoms with Gasteiger partial charge in [-0.3, -0.25) is 0 Å². The van der Waals surface area contributed by atoms with E-state index in [4.69, 9.17) is 0 Å². The van der Waals surface area contributed by atoms with Crippen LogP contribution < -0.4 is 0 Å². The van der Waals surface area contributed by atoms with Crippen LogP contribution in [0.4, 0.5) is 0 Å². The van der Waals surface area contributed by atoms with Gasteiger partial charge in [0.15, 0.2) is 0 Å². The zero-order valence-electron chi connectivity index (χ0n) is 8.91. The zero-order chi connectivity index (χ0) is 8.91. The van der Waals surface area contributed by atoms with E-state index >= 15 is 0 Å². The number of rotatable bonds is 5. The van der Waals surface area contributed by atoms with Gasteiger partial charge in [-0.15, -0.1) is 0 Å². The molecular formula is C10H24Si. The summed E-state index contributed by atoms with van der Waals surface area (Å²) in [5, 5.41) is 0.740. The Labute approximate surface area is 75.2 Å². The van der Waals surface area contributed by atoms with Crippen molar-refractivity contribution in [3.8, 4) is 0 Å². The molecule has 0 aliphatic carbocycles. The van der Waals surface area contributed by atoms with Crippen molar-refractivity contribution in [3.05, 3.63) is 0 Å². The quantitative estimate of drug-likeness (QED) is 0.559. The van der Waals surface area contributed by atoms with Crippen LogP contribution in [0.15, 0.2) is 0 Å². The lowest BCUT2D eigenvalue weighted by Crippen LogP contribution is -2.21. The minimum atomic E-state index is 0.740. The third-order valence-electron chi connectivity index (χ3n) is 3.59. The summed E-state index contributed by atoms with van der Waals surface area (Å²) in [7, 11) is 1.37. The molecule has 0 heterocycles. The summed E-state index contributed by atoms with van der Waals surface area (Å²) in [5.41, 5.74) is 0. The van der Waals surface area contributed by atoms with Crippen molar-refractivity contribution in [2.24, 2.45) is 5.92 Å². The Bertz CT molecular complexity index is 91.0. The van der Waals surface area contributed by atoms with Gasteiger partial charge in [0.05, 0.1) is 0 Å². The van der Waals surface area contributed by atoms with Crippen molar-refractivity contribution >= 4 is 10.2 Å². The van der Waals surface area contributed by atoms with Gasteiger partial charge in [0.25, 0.3) is 0 Å². The van der Waals surface area contributed by atoms with Gasteiger partial charge in [-0.25, -0.2) is 0 Å². The van der Waals surface area contributed by atoms with E-state index in [1.165, 1.54) is 35.9 Å². The van der Waals surface area contributed by atoms with E-state index in [2.05, 4.69) is 27.7 Å². The Morgan fingerprint density at radius 2 is 1.36 bits per heavy atom. The predicted molar refractivity (Wildman–Crippen MR) is 57.3 cm³/mol. The summed E-state index contributed by atoms with van der Waals surface area (Å²) in [6.07, 6.45) is 5.54. The summed E-state index contributed by atoms with van der Waals surface area (Å²) in [4.78, 5) is 0. The lowest BCUT2D eigenvalue weighted by atomic mass is 9.83. The van der Waals surface area contributed by atoms with Crippen LogP contribution in [0.25, 0.3) is 0 Å². The van der Waals surface area contributed by atoms with Crippen LogP contribution in [0, 0.1) is 5.92 Å². The molecular weight excluding hydrogens is 148 g/mol. The topological polar surface area (TPSA) is 0 Å². The maximum atomic E-state index is 2.36. The van der Waals surface area contributed by atoms with E-state index < -0.39 is 0 Å². The zero-order valence-corrected chi connectivity index (χ0v) is 10.9. The van der Waals surface area contributed by atoms with Gasteiger partial charge in [0.2, 0.25) is 0 Å². The minimum Gasteiger partial charge on any atom is -0.0651 e. The molecule has 0 amide bonds. The van der Waals surface area contributed by atoms with Crippen LogP contribution in [0.1, 0.15) is 53.4 Å². The lowest BCUT2D eigenvalue weighted by Gasteiger charge is -2.35. The SMILES string of the molecule is CCC(CC)C([SiH3])(CC)CC. The largest absolute Gasteiger partial charge is 0.0651 e. The molecule has 68 valence electrons. The Morgan fingerprint density at radius 1 is 1.00 bits per heavy atom. The van der Waals surface area contributed by atoms with Crippen LogP contribution in [0.2, 0.25) is 5.04 Å². The van der Waals surface area contributed by atoms with E-state index in [0.29, 0.717) is 0 Å². The molecule has 0 radical (unpaired) electrons. The van der Waals surface area contributed by atoms with Gasteiger partial charge in [-0.1, -0.05) is 53.4 Å². The highest BCUT2D eigenvalue weighted by Crippen LogP contribution is 2.42. The maximum Gasteiger partial charge on any atom is 0.0110 e. The summed E-state index contributed by atoms with van der Waals surface area (Å²) < 4.78 is 0. The van der Waals surface area contributed by atoms with Crippen molar-refractivity contribution in [3.63, 3.8) is 0 Å². The number of hydrogen-bond donors (Lipinski definition) is 0. The third kappa shape index (κ3) is 2.62. The van der Waals surface area contributed by atoms with E-state index in [9.17, 15) is 0 Å².